The molecule has 0 aromatic rings. The van der Waals surface area contributed by atoms with Crippen LogP contribution in [0.2, 0.25) is 0 Å². The molecule has 0 aliphatic rings. The molecule has 0 bridgehead atoms. The summed E-state index contributed by atoms with van der Waals surface area (Å²) in [5.41, 5.74) is 0. The molecule has 9 heavy (non-hydrogen) atoms. The molecular formula is C6H12Na2S. The van der Waals surface area contributed by atoms with Crippen molar-refractivity contribution in [3.8, 4) is 0 Å². The van der Waals surface area contributed by atoms with Crippen molar-refractivity contribution in [1.82, 2.24) is 0 Å². The third-order valence-electron chi connectivity index (χ3n) is 0.471. The standard InChI is InChI=1S/C6H10S.2Na.2H/c1-3-5-7-6-4-2;;;;/h3-4H,1-2,5-6H2;;;;. The van der Waals surface area contributed by atoms with Gasteiger partial charge in [0.15, 0.2) is 0 Å². The molecule has 0 atom stereocenters. The van der Waals surface area contributed by atoms with Crippen LogP contribution < -0.4 is 0 Å². The Morgan fingerprint density at radius 3 is 1.56 bits per heavy atom. The second-order valence-electron chi connectivity index (χ2n) is 1.11. The van der Waals surface area contributed by atoms with E-state index in [-0.39, 0.29) is 59.1 Å². The van der Waals surface area contributed by atoms with Crippen molar-refractivity contribution in [2.45, 2.75) is 0 Å². The molecule has 0 aromatic carbocycles. The van der Waals surface area contributed by atoms with Crippen LogP contribution in [0, 0.1) is 0 Å². The summed E-state index contributed by atoms with van der Waals surface area (Å²) in [7, 11) is 0. The Bertz CT molecular complexity index is 56.1. The zero-order valence-electron chi connectivity index (χ0n) is 4.39. The summed E-state index contributed by atoms with van der Waals surface area (Å²) >= 11 is 1.82. The zero-order valence-corrected chi connectivity index (χ0v) is 5.21. The molecule has 0 amide bonds. The van der Waals surface area contributed by atoms with Crippen molar-refractivity contribution in [3.63, 3.8) is 0 Å². The second-order valence-corrected chi connectivity index (χ2v) is 2.19. The number of thioether (sulfide) groups is 1. The summed E-state index contributed by atoms with van der Waals surface area (Å²) in [6.45, 7) is 7.15. The Morgan fingerprint density at radius 1 is 1.00 bits per heavy atom. The van der Waals surface area contributed by atoms with Crippen molar-refractivity contribution in [1.29, 1.82) is 0 Å². The average Bonchev–Trinajstić information content (AvgIpc) is 1.69. The molecule has 0 rings (SSSR count). The summed E-state index contributed by atoms with van der Waals surface area (Å²) < 4.78 is 0. The molecule has 0 saturated carbocycles. The summed E-state index contributed by atoms with van der Waals surface area (Å²) in [5.74, 6) is 2.07. The van der Waals surface area contributed by atoms with Crippen molar-refractivity contribution < 1.29 is 0 Å². The maximum atomic E-state index is 3.58. The molecule has 0 heterocycles. The molecule has 0 radical (unpaired) electrons. The first-order chi connectivity index (χ1) is 3.41. The van der Waals surface area contributed by atoms with E-state index >= 15 is 0 Å². The molecule has 0 spiro atoms. The van der Waals surface area contributed by atoms with Crippen LogP contribution in [0.25, 0.3) is 0 Å². The topological polar surface area (TPSA) is 0 Å². The molecule has 0 saturated heterocycles. The van der Waals surface area contributed by atoms with Crippen LogP contribution in [0.15, 0.2) is 25.3 Å². The van der Waals surface area contributed by atoms with Crippen LogP contribution in [-0.4, -0.2) is 70.6 Å². The van der Waals surface area contributed by atoms with E-state index < -0.39 is 0 Å². The Balaban J connectivity index is -0.000000180. The van der Waals surface area contributed by atoms with Gasteiger partial charge in [0.2, 0.25) is 0 Å². The van der Waals surface area contributed by atoms with Gasteiger partial charge in [-0.1, -0.05) is 12.2 Å². The van der Waals surface area contributed by atoms with E-state index in [4.69, 9.17) is 0 Å². The van der Waals surface area contributed by atoms with Crippen LogP contribution in [0.5, 0.6) is 0 Å². The van der Waals surface area contributed by atoms with E-state index in [2.05, 4.69) is 13.2 Å². The Labute approximate surface area is 106 Å². The SMILES string of the molecule is C=CCSCC=C.[NaH].[NaH]. The molecular weight excluding hydrogens is 150 g/mol. The van der Waals surface area contributed by atoms with Gasteiger partial charge >= 0.3 is 59.1 Å². The summed E-state index contributed by atoms with van der Waals surface area (Å²) in [6, 6.07) is 0. The predicted molar refractivity (Wildman–Crippen MR) is 52.0 cm³/mol. The fourth-order valence-electron chi connectivity index (χ4n) is 0.235. The van der Waals surface area contributed by atoms with Crippen LogP contribution in [0.4, 0.5) is 0 Å². The molecule has 3 heteroatoms. The summed E-state index contributed by atoms with van der Waals surface area (Å²) in [5, 5.41) is 0. The third kappa shape index (κ3) is 17.7. The molecule has 0 unspecified atom stereocenters. The molecule has 0 nitrogen and oxygen atoms in total. The molecule has 44 valence electrons. The molecule has 0 aromatic heterocycles. The second kappa shape index (κ2) is 16.4. The van der Waals surface area contributed by atoms with Gasteiger partial charge in [-0.25, -0.2) is 0 Å². The van der Waals surface area contributed by atoms with Crippen molar-refractivity contribution in [2.24, 2.45) is 0 Å². The third-order valence-corrected chi connectivity index (χ3v) is 1.41. The summed E-state index contributed by atoms with van der Waals surface area (Å²) in [6.07, 6.45) is 3.79. The average molecular weight is 162 g/mol. The van der Waals surface area contributed by atoms with E-state index in [1.807, 2.05) is 23.9 Å². The minimum absolute atomic E-state index is 0. The first kappa shape index (κ1) is 17.1. The molecule has 0 aliphatic heterocycles. The van der Waals surface area contributed by atoms with E-state index in [0.717, 1.165) is 11.5 Å². The van der Waals surface area contributed by atoms with Crippen molar-refractivity contribution >= 4 is 70.9 Å². The van der Waals surface area contributed by atoms with E-state index in [9.17, 15) is 0 Å². The Kier molecular flexibility index (Phi) is 31.2. The van der Waals surface area contributed by atoms with Crippen molar-refractivity contribution in [2.75, 3.05) is 11.5 Å². The first-order valence-electron chi connectivity index (χ1n) is 2.21. The van der Waals surface area contributed by atoms with Gasteiger partial charge < -0.3 is 0 Å². The minimum atomic E-state index is 0. The van der Waals surface area contributed by atoms with Gasteiger partial charge in [0, 0.05) is 11.5 Å². The molecule has 0 aliphatic carbocycles. The van der Waals surface area contributed by atoms with Crippen LogP contribution in [0.3, 0.4) is 0 Å². The zero-order chi connectivity index (χ0) is 5.54. The van der Waals surface area contributed by atoms with E-state index in [1.165, 1.54) is 0 Å². The van der Waals surface area contributed by atoms with E-state index in [1.54, 1.807) is 0 Å². The van der Waals surface area contributed by atoms with Gasteiger partial charge in [-0.05, 0) is 0 Å². The summed E-state index contributed by atoms with van der Waals surface area (Å²) in [4.78, 5) is 0. The molecule has 0 fully saturated rings. The van der Waals surface area contributed by atoms with Gasteiger partial charge in [0.25, 0.3) is 0 Å². The van der Waals surface area contributed by atoms with Gasteiger partial charge in [-0.2, -0.15) is 11.8 Å². The number of rotatable bonds is 4. The fourth-order valence-corrected chi connectivity index (χ4v) is 0.704. The quantitative estimate of drug-likeness (QED) is 0.334. The molecule has 0 N–H and O–H groups in total. The monoisotopic (exact) mass is 162 g/mol. The Hall–Kier alpha value is 1.83. The normalized spacial score (nSPS) is 6.22. The first-order valence-corrected chi connectivity index (χ1v) is 3.37. The number of hydrogen-bond donors (Lipinski definition) is 0. The van der Waals surface area contributed by atoms with Crippen LogP contribution in [-0.2, 0) is 0 Å². The van der Waals surface area contributed by atoms with Gasteiger partial charge in [-0.15, -0.1) is 13.2 Å². The van der Waals surface area contributed by atoms with Crippen LogP contribution in [0.1, 0.15) is 0 Å². The maximum absolute atomic E-state index is 3.58. The fraction of sp³-hybridized carbons (Fsp3) is 0.333. The van der Waals surface area contributed by atoms with Crippen LogP contribution >= 0.6 is 11.8 Å². The Morgan fingerprint density at radius 2 is 1.33 bits per heavy atom. The van der Waals surface area contributed by atoms with Gasteiger partial charge in [0.05, 0.1) is 0 Å². The predicted octanol–water partition coefficient (Wildman–Crippen LogP) is 0.795. The number of hydrogen-bond acceptors (Lipinski definition) is 1. The van der Waals surface area contributed by atoms with Crippen molar-refractivity contribution in [3.05, 3.63) is 25.3 Å². The van der Waals surface area contributed by atoms with Gasteiger partial charge in [-0.3, -0.25) is 0 Å². The van der Waals surface area contributed by atoms with Gasteiger partial charge in [0.1, 0.15) is 0 Å². The van der Waals surface area contributed by atoms with E-state index in [0.29, 0.717) is 0 Å².